The van der Waals surface area contributed by atoms with E-state index in [-0.39, 0.29) is 18.9 Å². The van der Waals surface area contributed by atoms with Crippen molar-refractivity contribution in [2.24, 2.45) is 10.9 Å². The van der Waals surface area contributed by atoms with Crippen molar-refractivity contribution in [3.05, 3.63) is 95.6 Å². The molecule has 0 saturated heterocycles. The van der Waals surface area contributed by atoms with Gasteiger partial charge >= 0.3 is 12.0 Å². The highest BCUT2D eigenvalue weighted by Gasteiger charge is 2.41. The molecule has 3 aromatic carbocycles. The summed E-state index contributed by atoms with van der Waals surface area (Å²) in [6.45, 7) is 2.66. The third-order valence-corrected chi connectivity index (χ3v) is 6.70. The van der Waals surface area contributed by atoms with Crippen molar-refractivity contribution in [2.75, 3.05) is 30.0 Å². The van der Waals surface area contributed by atoms with Crippen LogP contribution in [0.25, 0.3) is 0 Å². The van der Waals surface area contributed by atoms with E-state index in [1.165, 1.54) is 16.0 Å². The van der Waals surface area contributed by atoms with E-state index in [2.05, 4.69) is 5.10 Å². The number of benzene rings is 3. The van der Waals surface area contributed by atoms with Gasteiger partial charge in [-0.1, -0.05) is 60.7 Å². The van der Waals surface area contributed by atoms with Crippen molar-refractivity contribution in [1.29, 1.82) is 0 Å². The number of para-hydroxylation sites is 1. The number of fused-ring (bicyclic) bond motifs is 1. The highest BCUT2D eigenvalue weighted by Crippen LogP contribution is 2.32. The summed E-state index contributed by atoms with van der Waals surface area (Å²) in [7, 11) is 1.64. The molecule has 1 heterocycles. The molecule has 1 aliphatic heterocycles. The first kappa shape index (κ1) is 27.4. The van der Waals surface area contributed by atoms with Crippen molar-refractivity contribution in [2.45, 2.75) is 32.4 Å². The fraction of sp³-hybridized carbons (Fsp3) is 0.267. The second kappa shape index (κ2) is 12.7. The van der Waals surface area contributed by atoms with Crippen molar-refractivity contribution in [3.63, 3.8) is 0 Å². The third-order valence-electron chi connectivity index (χ3n) is 6.70. The molecular weight excluding hydrogens is 494 g/mol. The Kier molecular flexibility index (Phi) is 8.94. The number of rotatable bonds is 8. The van der Waals surface area contributed by atoms with Crippen LogP contribution in [0.15, 0.2) is 84.0 Å². The lowest BCUT2D eigenvalue weighted by atomic mass is 10.1. The van der Waals surface area contributed by atoms with Gasteiger partial charge in [-0.3, -0.25) is 19.4 Å². The van der Waals surface area contributed by atoms with Crippen molar-refractivity contribution in [1.82, 2.24) is 4.90 Å². The molecule has 0 fully saturated rings. The Morgan fingerprint density at radius 1 is 1.05 bits per heavy atom. The van der Waals surface area contributed by atoms with Crippen LogP contribution >= 0.6 is 0 Å². The first-order valence-electron chi connectivity index (χ1n) is 12.9. The topological polar surface area (TPSA) is 109 Å². The van der Waals surface area contributed by atoms with Gasteiger partial charge in [-0.2, -0.15) is 5.10 Å². The van der Waals surface area contributed by atoms with E-state index in [1.54, 1.807) is 43.1 Å². The number of esters is 1. The molecule has 0 aliphatic carbocycles. The first-order chi connectivity index (χ1) is 18.9. The fourth-order valence-corrected chi connectivity index (χ4v) is 4.68. The third kappa shape index (κ3) is 6.43. The second-order valence-corrected chi connectivity index (χ2v) is 9.23. The summed E-state index contributed by atoms with van der Waals surface area (Å²) >= 11 is 0. The number of amides is 3. The minimum absolute atomic E-state index is 0.181. The van der Waals surface area contributed by atoms with Gasteiger partial charge < -0.3 is 15.5 Å². The summed E-state index contributed by atoms with van der Waals surface area (Å²) in [5.74, 6) is 4.41. The van der Waals surface area contributed by atoms with E-state index in [9.17, 15) is 14.4 Å². The van der Waals surface area contributed by atoms with Gasteiger partial charge in [0.15, 0.2) is 0 Å². The minimum atomic E-state index is -1.07. The average molecular weight is 528 g/mol. The Morgan fingerprint density at radius 2 is 1.74 bits per heavy atom. The molecule has 0 radical (unpaired) electrons. The maximum absolute atomic E-state index is 14.1. The van der Waals surface area contributed by atoms with Crippen LogP contribution < -0.4 is 15.6 Å². The Hall–Kier alpha value is -4.66. The molecule has 9 heteroatoms. The predicted octanol–water partition coefficient (Wildman–Crippen LogP) is 3.95. The molecule has 0 aromatic heterocycles. The molecular formula is C30H33N5O4. The summed E-state index contributed by atoms with van der Waals surface area (Å²) in [5.41, 5.74) is 3.90. The number of nitrogens with zero attached hydrogens (tertiary/aromatic N) is 4. The van der Waals surface area contributed by atoms with Crippen LogP contribution in [0.5, 0.6) is 0 Å². The van der Waals surface area contributed by atoms with Gasteiger partial charge in [-0.25, -0.2) is 4.79 Å². The van der Waals surface area contributed by atoms with E-state index in [4.69, 9.17) is 10.6 Å². The predicted molar refractivity (Wildman–Crippen MR) is 152 cm³/mol. The van der Waals surface area contributed by atoms with E-state index < -0.39 is 18.0 Å². The van der Waals surface area contributed by atoms with Gasteiger partial charge in [0.1, 0.15) is 6.04 Å². The van der Waals surface area contributed by atoms with Crippen LogP contribution in [0.3, 0.4) is 0 Å². The van der Waals surface area contributed by atoms with Crippen molar-refractivity contribution < 1.29 is 19.1 Å². The largest absolute Gasteiger partial charge is 0.466 e. The molecule has 0 saturated carbocycles. The number of hydrogen-bond acceptors (Lipinski definition) is 6. The Bertz CT molecular complexity index is 1330. The van der Waals surface area contributed by atoms with Crippen LogP contribution in [0.1, 0.15) is 30.0 Å². The summed E-state index contributed by atoms with van der Waals surface area (Å²) in [6, 6.07) is 23.0. The quantitative estimate of drug-likeness (QED) is 0.207. The molecule has 2 N–H and O–H groups in total. The summed E-state index contributed by atoms with van der Waals surface area (Å²) < 4.78 is 5.21. The van der Waals surface area contributed by atoms with E-state index in [0.29, 0.717) is 30.9 Å². The fourth-order valence-electron chi connectivity index (χ4n) is 4.68. The van der Waals surface area contributed by atoms with Gasteiger partial charge in [0.25, 0.3) is 0 Å². The monoisotopic (exact) mass is 527 g/mol. The lowest BCUT2D eigenvalue weighted by Crippen LogP contribution is -2.54. The zero-order valence-electron chi connectivity index (χ0n) is 22.2. The SMILES string of the molecule is CCOC(=O)CC1C(=O)N(CCc2ccccc2)Cc2ccccc2N1C(=O)N(C)c1ccc(C=NN)cc1. The first-order valence-corrected chi connectivity index (χ1v) is 12.9. The Labute approximate surface area is 228 Å². The number of hydrogen-bond donors (Lipinski definition) is 1. The van der Waals surface area contributed by atoms with E-state index in [1.807, 2.05) is 54.6 Å². The van der Waals surface area contributed by atoms with Crippen LogP contribution in [-0.2, 0) is 27.3 Å². The van der Waals surface area contributed by atoms with Crippen molar-refractivity contribution >= 4 is 35.5 Å². The number of ether oxygens (including phenoxy) is 1. The van der Waals surface area contributed by atoms with E-state index in [0.717, 1.165) is 16.7 Å². The van der Waals surface area contributed by atoms with E-state index >= 15 is 0 Å². The zero-order chi connectivity index (χ0) is 27.8. The summed E-state index contributed by atoms with van der Waals surface area (Å²) in [5, 5.41) is 3.53. The number of carbonyl (C=O) groups excluding carboxylic acids is 3. The maximum Gasteiger partial charge on any atom is 0.329 e. The zero-order valence-corrected chi connectivity index (χ0v) is 22.2. The van der Waals surface area contributed by atoms with Gasteiger partial charge in [0, 0.05) is 25.8 Å². The van der Waals surface area contributed by atoms with Crippen molar-refractivity contribution in [3.8, 4) is 0 Å². The highest BCUT2D eigenvalue weighted by atomic mass is 16.5. The molecule has 202 valence electrons. The normalized spacial score (nSPS) is 15.1. The number of carbonyl (C=O) groups is 3. The molecule has 1 atom stereocenters. The summed E-state index contributed by atoms with van der Waals surface area (Å²) in [6.07, 6.45) is 1.90. The number of hydrazone groups is 1. The molecule has 1 aliphatic rings. The smallest absolute Gasteiger partial charge is 0.329 e. The molecule has 39 heavy (non-hydrogen) atoms. The summed E-state index contributed by atoms with van der Waals surface area (Å²) in [4.78, 5) is 45.5. The van der Waals surface area contributed by atoms with Gasteiger partial charge in [0.05, 0.1) is 24.9 Å². The number of anilines is 2. The molecule has 9 nitrogen and oxygen atoms in total. The standard InChI is InChI=1S/C30H33N5O4/c1-3-39-28(36)19-27-29(37)34(18-17-22-9-5-4-6-10-22)21-24-11-7-8-12-26(24)35(27)30(38)33(2)25-15-13-23(14-16-25)20-32-31/h4-16,20,27H,3,17-19,21,31H2,1-2H3. The minimum Gasteiger partial charge on any atom is -0.466 e. The lowest BCUT2D eigenvalue weighted by Gasteiger charge is -2.34. The number of urea groups is 1. The van der Waals surface area contributed by atoms with Crippen LogP contribution in [0.4, 0.5) is 16.2 Å². The van der Waals surface area contributed by atoms with Crippen LogP contribution in [0.2, 0.25) is 0 Å². The van der Waals surface area contributed by atoms with Gasteiger partial charge in [-0.05, 0) is 48.2 Å². The van der Waals surface area contributed by atoms with Crippen LogP contribution in [0, 0.1) is 0 Å². The molecule has 4 rings (SSSR count). The number of nitrogens with two attached hydrogens (primary N) is 1. The second-order valence-electron chi connectivity index (χ2n) is 9.23. The molecule has 0 spiro atoms. The molecule has 3 amide bonds. The Balaban J connectivity index is 1.71. The van der Waals surface area contributed by atoms with Gasteiger partial charge in [-0.15, -0.1) is 0 Å². The highest BCUT2D eigenvalue weighted by molar-refractivity contribution is 6.09. The van der Waals surface area contributed by atoms with Gasteiger partial charge in [0.2, 0.25) is 5.91 Å². The average Bonchev–Trinajstić information content (AvgIpc) is 3.06. The maximum atomic E-state index is 14.1. The lowest BCUT2D eigenvalue weighted by molar-refractivity contribution is -0.146. The molecule has 1 unspecified atom stereocenters. The Morgan fingerprint density at radius 3 is 2.44 bits per heavy atom. The molecule has 0 bridgehead atoms. The van der Waals surface area contributed by atoms with Crippen LogP contribution in [-0.4, -0.2) is 55.3 Å². The molecule has 3 aromatic rings.